The van der Waals surface area contributed by atoms with E-state index < -0.39 is 0 Å². The average molecular weight is 614 g/mol. The lowest BCUT2D eigenvalue weighted by atomic mass is 9.83. The van der Waals surface area contributed by atoms with E-state index in [4.69, 9.17) is 24.4 Å². The molecule has 0 spiro atoms. The van der Waals surface area contributed by atoms with Gasteiger partial charge in [0.25, 0.3) is 0 Å². The van der Waals surface area contributed by atoms with Crippen molar-refractivity contribution in [2.24, 2.45) is 5.41 Å². The lowest BCUT2D eigenvalue weighted by Gasteiger charge is -2.35. The number of nitrogens with zero attached hydrogens (tertiary/aromatic N) is 3. The largest absolute Gasteiger partial charge is 0.378 e. The Kier molecular flexibility index (Phi) is 13.1. The molecular weight excluding hydrogens is 554 g/mol. The summed E-state index contributed by atoms with van der Waals surface area (Å²) >= 11 is 0. The van der Waals surface area contributed by atoms with Crippen LogP contribution in [0.3, 0.4) is 0 Å². The number of hydrogen-bond donors (Lipinski definition) is 0. The molecule has 4 rings (SSSR count). The lowest BCUT2D eigenvalue weighted by Crippen LogP contribution is -2.36. The SMILES string of the molecule is CCCCCCCCOC1CCC(c2nc(-c3ccc(C)cc3C)nc(-c3ccc(C)cc3C)n2)C(OCCCC(C)(C)C)C1. The third-order valence-electron chi connectivity index (χ3n) is 9.23. The van der Waals surface area contributed by atoms with Gasteiger partial charge in [0.1, 0.15) is 5.82 Å². The third-order valence-corrected chi connectivity index (χ3v) is 9.23. The molecule has 2 aromatic carbocycles. The Balaban J connectivity index is 1.61. The molecule has 1 aliphatic rings. The predicted molar refractivity (Wildman–Crippen MR) is 188 cm³/mol. The predicted octanol–water partition coefficient (Wildman–Crippen LogP) is 10.7. The summed E-state index contributed by atoms with van der Waals surface area (Å²) in [6.07, 6.45) is 13.0. The van der Waals surface area contributed by atoms with Crippen molar-refractivity contribution in [3.8, 4) is 22.8 Å². The summed E-state index contributed by atoms with van der Waals surface area (Å²) in [6, 6.07) is 13.0. The van der Waals surface area contributed by atoms with Gasteiger partial charge in [-0.3, -0.25) is 0 Å². The molecule has 3 unspecified atom stereocenters. The van der Waals surface area contributed by atoms with E-state index in [2.05, 4.69) is 91.8 Å². The molecule has 0 amide bonds. The number of unbranched alkanes of at least 4 members (excludes halogenated alkanes) is 5. The summed E-state index contributed by atoms with van der Waals surface area (Å²) in [4.78, 5) is 15.5. The molecule has 0 bridgehead atoms. The minimum atomic E-state index is 0.0228. The number of ether oxygens (including phenoxy) is 2. The van der Waals surface area contributed by atoms with Gasteiger partial charge in [-0.05, 0) is 76.3 Å². The van der Waals surface area contributed by atoms with Gasteiger partial charge < -0.3 is 9.47 Å². The highest BCUT2D eigenvalue weighted by atomic mass is 16.5. The van der Waals surface area contributed by atoms with Gasteiger partial charge in [0.15, 0.2) is 11.6 Å². The zero-order valence-corrected chi connectivity index (χ0v) is 29.5. The van der Waals surface area contributed by atoms with Crippen LogP contribution in [0, 0.1) is 33.1 Å². The molecule has 1 aromatic heterocycles. The maximum Gasteiger partial charge on any atom is 0.163 e. The van der Waals surface area contributed by atoms with Crippen LogP contribution in [0.5, 0.6) is 0 Å². The van der Waals surface area contributed by atoms with Gasteiger partial charge in [-0.2, -0.15) is 0 Å². The summed E-state index contributed by atoms with van der Waals surface area (Å²) in [5.74, 6) is 2.46. The van der Waals surface area contributed by atoms with Crippen LogP contribution in [0.15, 0.2) is 36.4 Å². The molecule has 0 saturated heterocycles. The highest BCUT2D eigenvalue weighted by Gasteiger charge is 2.35. The number of hydrogen-bond acceptors (Lipinski definition) is 5. The third kappa shape index (κ3) is 10.7. The molecule has 45 heavy (non-hydrogen) atoms. The molecule has 1 fully saturated rings. The Hall–Kier alpha value is -2.63. The summed E-state index contributed by atoms with van der Waals surface area (Å²) in [5.41, 5.74) is 7.27. The first-order valence-corrected chi connectivity index (χ1v) is 17.7. The maximum atomic E-state index is 6.74. The van der Waals surface area contributed by atoms with Crippen molar-refractivity contribution >= 4 is 0 Å². The van der Waals surface area contributed by atoms with Crippen LogP contribution >= 0.6 is 0 Å². The number of aromatic nitrogens is 3. The fourth-order valence-electron chi connectivity index (χ4n) is 6.62. The highest BCUT2D eigenvalue weighted by Crippen LogP contribution is 2.37. The van der Waals surface area contributed by atoms with E-state index in [0.29, 0.717) is 5.41 Å². The lowest BCUT2D eigenvalue weighted by molar-refractivity contribution is -0.0584. The molecule has 0 aliphatic heterocycles. The Labute approximate surface area is 274 Å². The Morgan fingerprint density at radius 1 is 0.689 bits per heavy atom. The summed E-state index contributed by atoms with van der Waals surface area (Å²) in [6.45, 7) is 19.3. The first kappa shape index (κ1) is 35.2. The van der Waals surface area contributed by atoms with Crippen molar-refractivity contribution in [2.45, 2.75) is 144 Å². The monoisotopic (exact) mass is 613 g/mol. The van der Waals surface area contributed by atoms with Crippen LogP contribution in [0.25, 0.3) is 22.8 Å². The van der Waals surface area contributed by atoms with Gasteiger partial charge in [-0.15, -0.1) is 0 Å². The first-order chi connectivity index (χ1) is 21.5. The highest BCUT2D eigenvalue weighted by molar-refractivity contribution is 5.66. The Bertz CT molecular complexity index is 1290. The second-order valence-corrected chi connectivity index (χ2v) is 14.7. The van der Waals surface area contributed by atoms with Gasteiger partial charge in [0, 0.05) is 36.7 Å². The molecule has 3 aromatic rings. The molecule has 3 atom stereocenters. The van der Waals surface area contributed by atoms with Crippen molar-refractivity contribution in [1.82, 2.24) is 15.0 Å². The van der Waals surface area contributed by atoms with Crippen LogP contribution < -0.4 is 0 Å². The number of benzene rings is 2. The fraction of sp³-hybridized carbons (Fsp3) is 0.625. The average Bonchev–Trinajstić information content (AvgIpc) is 2.98. The molecule has 5 nitrogen and oxygen atoms in total. The van der Waals surface area contributed by atoms with Crippen molar-refractivity contribution in [2.75, 3.05) is 13.2 Å². The summed E-state index contributed by atoms with van der Waals surface area (Å²) in [5, 5.41) is 0. The number of aryl methyl sites for hydroxylation is 4. The van der Waals surface area contributed by atoms with E-state index in [9.17, 15) is 0 Å². The Morgan fingerprint density at radius 2 is 1.27 bits per heavy atom. The zero-order valence-electron chi connectivity index (χ0n) is 29.5. The maximum absolute atomic E-state index is 6.74. The van der Waals surface area contributed by atoms with Crippen molar-refractivity contribution in [3.63, 3.8) is 0 Å². The van der Waals surface area contributed by atoms with Gasteiger partial charge >= 0.3 is 0 Å². The fourth-order valence-corrected chi connectivity index (χ4v) is 6.62. The van der Waals surface area contributed by atoms with Gasteiger partial charge in [-0.25, -0.2) is 15.0 Å². The minimum Gasteiger partial charge on any atom is -0.378 e. The topological polar surface area (TPSA) is 57.1 Å². The molecule has 1 saturated carbocycles. The van der Waals surface area contributed by atoms with Crippen LogP contribution in [0.2, 0.25) is 0 Å². The minimum absolute atomic E-state index is 0.0228. The van der Waals surface area contributed by atoms with Crippen molar-refractivity contribution in [3.05, 3.63) is 64.5 Å². The summed E-state index contributed by atoms with van der Waals surface area (Å²) in [7, 11) is 0. The van der Waals surface area contributed by atoms with E-state index in [1.165, 1.54) is 54.4 Å². The molecule has 1 heterocycles. The normalized spacial score (nSPS) is 18.8. The second kappa shape index (κ2) is 16.8. The van der Waals surface area contributed by atoms with Crippen LogP contribution in [-0.4, -0.2) is 40.4 Å². The van der Waals surface area contributed by atoms with Crippen LogP contribution in [-0.2, 0) is 9.47 Å². The molecule has 0 N–H and O–H groups in total. The second-order valence-electron chi connectivity index (χ2n) is 14.7. The van der Waals surface area contributed by atoms with E-state index >= 15 is 0 Å². The number of rotatable bonds is 15. The van der Waals surface area contributed by atoms with E-state index in [1.54, 1.807) is 0 Å². The van der Waals surface area contributed by atoms with Gasteiger partial charge in [0.2, 0.25) is 0 Å². The standard InChI is InChI=1S/C40H59N3O2/c1-9-10-11-12-13-14-23-44-32-18-21-35(36(27-32)45-24-15-22-40(6,7)8)39-42-37(33-19-16-28(2)25-30(33)4)41-38(43-39)34-20-17-29(3)26-31(34)5/h16-17,19-20,25-26,32,35-36H,9-15,18,21-24,27H2,1-8H3. The Morgan fingerprint density at radius 3 is 1.84 bits per heavy atom. The molecule has 246 valence electrons. The molecule has 5 heteroatoms. The van der Waals surface area contributed by atoms with Gasteiger partial charge in [-0.1, -0.05) is 107 Å². The van der Waals surface area contributed by atoms with Crippen LogP contribution in [0.1, 0.15) is 132 Å². The molecule has 0 radical (unpaired) electrons. The van der Waals surface area contributed by atoms with E-state index in [1.807, 2.05) is 0 Å². The molecular formula is C40H59N3O2. The van der Waals surface area contributed by atoms with E-state index in [-0.39, 0.29) is 18.1 Å². The van der Waals surface area contributed by atoms with Crippen molar-refractivity contribution < 1.29 is 9.47 Å². The zero-order chi connectivity index (χ0) is 32.4. The smallest absolute Gasteiger partial charge is 0.163 e. The van der Waals surface area contributed by atoms with Crippen LogP contribution in [0.4, 0.5) is 0 Å². The first-order valence-electron chi connectivity index (χ1n) is 17.7. The summed E-state index contributed by atoms with van der Waals surface area (Å²) < 4.78 is 13.2. The quantitative estimate of drug-likeness (QED) is 0.160. The molecule has 1 aliphatic carbocycles. The van der Waals surface area contributed by atoms with E-state index in [0.717, 1.165) is 80.3 Å². The van der Waals surface area contributed by atoms with Crippen molar-refractivity contribution in [1.29, 1.82) is 0 Å². The van der Waals surface area contributed by atoms with Gasteiger partial charge in [0.05, 0.1) is 12.2 Å².